The number of aliphatic hydroxyl groups is 1. The average molecular weight is 421 g/mol. The lowest BCUT2D eigenvalue weighted by molar-refractivity contribution is -0.900. The largest absolute Gasteiger partial charge is 1.00 e. The van der Waals surface area contributed by atoms with Crippen molar-refractivity contribution in [3.63, 3.8) is 0 Å². The molecule has 4 bridgehead atoms. The molecule has 1 N–H and O–H groups in total. The molecule has 4 heteroatoms. The number of quaternary nitrogens is 1. The number of hydrogen-bond acceptors (Lipinski definition) is 2. The van der Waals surface area contributed by atoms with E-state index in [9.17, 15) is 5.11 Å². The van der Waals surface area contributed by atoms with Crippen molar-refractivity contribution in [2.24, 2.45) is 17.8 Å². The summed E-state index contributed by atoms with van der Waals surface area (Å²) in [6.45, 7) is 3.91. The third-order valence-corrected chi connectivity index (χ3v) is 6.86. The van der Waals surface area contributed by atoms with Crippen LogP contribution < -0.4 is 24.0 Å². The molecule has 1 aliphatic heterocycles. The van der Waals surface area contributed by atoms with Gasteiger partial charge >= 0.3 is 0 Å². The Morgan fingerprint density at radius 2 is 1.55 bits per heavy atom. The molecule has 5 aliphatic rings. The zero-order valence-corrected chi connectivity index (χ0v) is 16.1. The average Bonchev–Trinajstić information content (AvgIpc) is 2.81. The second kappa shape index (κ2) is 6.49. The Morgan fingerprint density at radius 1 is 1.05 bits per heavy atom. The number of rotatable bonds is 5. The summed E-state index contributed by atoms with van der Waals surface area (Å²) in [7, 11) is 2.29. The van der Waals surface area contributed by atoms with E-state index < -0.39 is 0 Å². The molecule has 1 atom stereocenters. The number of ether oxygens (including phenoxy) is 1. The highest BCUT2D eigenvalue weighted by molar-refractivity contribution is 5.03. The van der Waals surface area contributed by atoms with E-state index in [1.165, 1.54) is 64.5 Å². The molecule has 1 saturated heterocycles. The van der Waals surface area contributed by atoms with Gasteiger partial charge < -0.3 is 38.3 Å². The fraction of sp³-hybridized carbons (Fsp3) is 1.00. The van der Waals surface area contributed by atoms with Crippen molar-refractivity contribution in [3.8, 4) is 0 Å². The normalized spacial score (nSPS) is 43.1. The molecule has 4 saturated carbocycles. The smallest absolute Gasteiger partial charge is 0.126 e. The number of nitrogens with zero attached hydrogens (tertiary/aromatic N) is 1. The molecule has 5 fully saturated rings. The van der Waals surface area contributed by atoms with Gasteiger partial charge in [-0.25, -0.2) is 0 Å². The van der Waals surface area contributed by atoms with Gasteiger partial charge in [0.15, 0.2) is 0 Å². The van der Waals surface area contributed by atoms with Crippen LogP contribution in [0.5, 0.6) is 0 Å². The lowest BCUT2D eigenvalue weighted by atomic mass is 9.54. The van der Waals surface area contributed by atoms with Gasteiger partial charge in [-0.05, 0) is 56.3 Å². The number of hydrogen-bond donors (Lipinski definition) is 1. The molecule has 0 amide bonds. The summed E-state index contributed by atoms with van der Waals surface area (Å²) in [4.78, 5) is 0. The van der Waals surface area contributed by atoms with Crippen molar-refractivity contribution in [3.05, 3.63) is 0 Å². The Bertz CT molecular complexity index is 359. The number of halogens is 1. The highest BCUT2D eigenvalue weighted by Gasteiger charge is 2.51. The molecule has 4 aliphatic carbocycles. The van der Waals surface area contributed by atoms with Crippen molar-refractivity contribution >= 4 is 0 Å². The van der Waals surface area contributed by atoms with Crippen LogP contribution in [0.2, 0.25) is 0 Å². The van der Waals surface area contributed by atoms with E-state index in [4.69, 9.17) is 4.74 Å². The molecule has 22 heavy (non-hydrogen) atoms. The zero-order chi connectivity index (χ0) is 14.5. The van der Waals surface area contributed by atoms with E-state index in [1.54, 1.807) is 0 Å². The first-order valence-corrected chi connectivity index (χ1v) is 9.20. The molecular weight excluding hydrogens is 389 g/mol. The fourth-order valence-electron chi connectivity index (χ4n) is 6.32. The third kappa shape index (κ3) is 3.50. The second-order valence-corrected chi connectivity index (χ2v) is 9.02. The van der Waals surface area contributed by atoms with Crippen LogP contribution in [-0.4, -0.2) is 54.6 Å². The number of likely N-dealkylation sites (tertiary alicyclic amines) is 1. The van der Waals surface area contributed by atoms with E-state index >= 15 is 0 Å². The van der Waals surface area contributed by atoms with Crippen LogP contribution in [0.3, 0.4) is 0 Å². The number of aliphatic hydroxyl groups excluding tert-OH is 1. The lowest BCUT2D eigenvalue weighted by Gasteiger charge is -2.56. The topological polar surface area (TPSA) is 29.5 Å². The van der Waals surface area contributed by atoms with Crippen molar-refractivity contribution in [2.45, 2.75) is 63.1 Å². The molecule has 128 valence electrons. The van der Waals surface area contributed by atoms with Crippen LogP contribution in [0.15, 0.2) is 0 Å². The SMILES string of the molecule is C[N+]1(CC(O)COC23CC4CC(CC(C4)C2)C3)CCCC1.[I-]. The maximum atomic E-state index is 10.4. The van der Waals surface area contributed by atoms with Crippen LogP contribution in [-0.2, 0) is 4.74 Å². The van der Waals surface area contributed by atoms with Crippen LogP contribution >= 0.6 is 0 Å². The molecule has 1 unspecified atom stereocenters. The summed E-state index contributed by atoms with van der Waals surface area (Å²) in [5, 5.41) is 10.4. The molecule has 0 aromatic rings. The van der Waals surface area contributed by atoms with Crippen LogP contribution in [0.1, 0.15) is 51.4 Å². The first-order chi connectivity index (χ1) is 10.0. The van der Waals surface area contributed by atoms with Crippen LogP contribution in [0.25, 0.3) is 0 Å². The van der Waals surface area contributed by atoms with Gasteiger partial charge in [0, 0.05) is 12.8 Å². The van der Waals surface area contributed by atoms with Gasteiger partial charge in [-0.2, -0.15) is 0 Å². The van der Waals surface area contributed by atoms with Crippen LogP contribution in [0.4, 0.5) is 0 Å². The second-order valence-electron chi connectivity index (χ2n) is 9.02. The van der Waals surface area contributed by atoms with E-state index in [0.717, 1.165) is 28.8 Å². The Morgan fingerprint density at radius 3 is 2.05 bits per heavy atom. The van der Waals surface area contributed by atoms with Crippen molar-refractivity contribution in [1.29, 1.82) is 0 Å². The fourth-order valence-corrected chi connectivity index (χ4v) is 6.32. The van der Waals surface area contributed by atoms with Gasteiger partial charge in [-0.15, -0.1) is 0 Å². The maximum absolute atomic E-state index is 10.4. The summed E-state index contributed by atoms with van der Waals surface area (Å²) >= 11 is 0. The number of likely N-dealkylation sites (N-methyl/N-ethyl adjacent to an activating group) is 1. The summed E-state index contributed by atoms with van der Waals surface area (Å²) in [6.07, 6.45) is 10.6. The molecule has 5 rings (SSSR count). The molecule has 3 nitrogen and oxygen atoms in total. The Hall–Kier alpha value is 0.610. The minimum Gasteiger partial charge on any atom is -1.00 e. The van der Waals surface area contributed by atoms with E-state index in [2.05, 4.69) is 7.05 Å². The summed E-state index contributed by atoms with van der Waals surface area (Å²) in [6, 6.07) is 0. The molecule has 0 radical (unpaired) electrons. The zero-order valence-electron chi connectivity index (χ0n) is 14.0. The molecular formula is C18H32INO2. The van der Waals surface area contributed by atoms with Crippen molar-refractivity contribution in [2.75, 3.05) is 33.3 Å². The molecule has 0 spiro atoms. The first-order valence-electron chi connectivity index (χ1n) is 9.20. The van der Waals surface area contributed by atoms with Crippen molar-refractivity contribution in [1.82, 2.24) is 0 Å². The lowest BCUT2D eigenvalue weighted by Crippen LogP contribution is -3.00. The van der Waals surface area contributed by atoms with E-state index in [1.807, 2.05) is 0 Å². The van der Waals surface area contributed by atoms with Gasteiger partial charge in [0.2, 0.25) is 0 Å². The Kier molecular flexibility index (Phi) is 5.14. The predicted molar refractivity (Wildman–Crippen MR) is 82.9 cm³/mol. The van der Waals surface area contributed by atoms with Gasteiger partial charge in [-0.3, -0.25) is 0 Å². The maximum Gasteiger partial charge on any atom is 0.126 e. The molecule has 1 heterocycles. The van der Waals surface area contributed by atoms with E-state index in [-0.39, 0.29) is 35.7 Å². The molecule has 0 aromatic carbocycles. The molecule has 0 aromatic heterocycles. The van der Waals surface area contributed by atoms with Gasteiger partial charge in [0.05, 0.1) is 32.3 Å². The summed E-state index contributed by atoms with van der Waals surface area (Å²) in [5.41, 5.74) is 0.152. The third-order valence-electron chi connectivity index (χ3n) is 6.86. The standard InChI is InChI=1S/C18H32NO2.HI/c1-19(4-2-3-5-19)12-17(20)13-21-18-9-14-6-15(10-18)8-16(7-14)11-18;/h14-17,20H,2-13H2,1H3;1H/q+1;/p-1. The first kappa shape index (κ1) is 17.4. The minimum absolute atomic E-state index is 0. The minimum atomic E-state index is -0.277. The Balaban J connectivity index is 0.00000144. The highest BCUT2D eigenvalue weighted by atomic mass is 127. The summed E-state index contributed by atoms with van der Waals surface area (Å²) < 4.78 is 7.45. The highest BCUT2D eigenvalue weighted by Crippen LogP contribution is 2.57. The monoisotopic (exact) mass is 421 g/mol. The van der Waals surface area contributed by atoms with Gasteiger partial charge in [0.1, 0.15) is 12.6 Å². The van der Waals surface area contributed by atoms with Gasteiger partial charge in [-0.1, -0.05) is 0 Å². The summed E-state index contributed by atoms with van der Waals surface area (Å²) in [5.74, 6) is 2.78. The quantitative estimate of drug-likeness (QED) is 0.483. The van der Waals surface area contributed by atoms with E-state index in [0.29, 0.717) is 6.61 Å². The Labute approximate surface area is 152 Å². The van der Waals surface area contributed by atoms with Gasteiger partial charge in [0.25, 0.3) is 0 Å². The van der Waals surface area contributed by atoms with Crippen molar-refractivity contribution < 1.29 is 38.3 Å². The van der Waals surface area contributed by atoms with Crippen LogP contribution in [0, 0.1) is 17.8 Å². The predicted octanol–water partition coefficient (Wildman–Crippen LogP) is -0.423.